The van der Waals surface area contributed by atoms with Crippen LogP contribution in [0, 0.1) is 0 Å². The standard InChI is InChI=1S/C46H71N11O12/c47-16-6-4-10-35(43(49)66)51-46(69)38(27-33-12-14-34(58)15-13-33)53-44(67)36(11-5-7-17-48)52-45(68)37(26-32-8-2-1-3-9-32)50-39(59)28-54-18-20-55(29-40(60)61)22-24-57(31-42(64)65)25-23-56(21-19-54)30-41(62)63/h1-3,8-9,12-15,35-38,58H,4-7,10-11,16-31,47-48H2,(H2,49,66)(H,50,59)(H,51,69)(H,52,68)(H,53,67)(H,60,61)(H,62,63)(H,64,65)/t35-,36-,37-,38+/m0/s1. The van der Waals surface area contributed by atoms with Crippen molar-refractivity contribution in [1.82, 2.24) is 40.9 Å². The summed E-state index contributed by atoms with van der Waals surface area (Å²) in [6.45, 7) is 0.761. The summed E-state index contributed by atoms with van der Waals surface area (Å²) in [6.07, 6.45) is 2.22. The molecule has 382 valence electrons. The number of unbranched alkanes of at least 4 members (excludes halogenated alkanes) is 2. The third kappa shape index (κ3) is 23.1. The number of hydrogen-bond donors (Lipinski definition) is 11. The van der Waals surface area contributed by atoms with Gasteiger partial charge in [-0.1, -0.05) is 42.5 Å². The number of amides is 5. The molecule has 0 spiro atoms. The number of aliphatic carboxylic acids is 3. The minimum Gasteiger partial charge on any atom is -0.508 e. The van der Waals surface area contributed by atoms with Gasteiger partial charge in [0.25, 0.3) is 0 Å². The molecule has 2 aromatic rings. The zero-order valence-electron chi connectivity index (χ0n) is 39.1. The van der Waals surface area contributed by atoms with Crippen LogP contribution < -0.4 is 38.5 Å². The zero-order valence-corrected chi connectivity index (χ0v) is 39.1. The molecule has 0 radical (unpaired) electrons. The number of nitrogens with one attached hydrogen (secondary N) is 4. The Morgan fingerprint density at radius 2 is 0.841 bits per heavy atom. The van der Waals surface area contributed by atoms with Crippen LogP contribution in [0.15, 0.2) is 54.6 Å². The Hall–Kier alpha value is -6.24. The van der Waals surface area contributed by atoms with E-state index in [1.165, 1.54) is 12.1 Å². The average molecular weight is 970 g/mol. The number of aromatic hydroxyl groups is 1. The number of carbonyl (C=O) groups excluding carboxylic acids is 5. The fourth-order valence-corrected chi connectivity index (χ4v) is 7.72. The van der Waals surface area contributed by atoms with Crippen molar-refractivity contribution in [2.75, 3.05) is 91.6 Å². The van der Waals surface area contributed by atoms with Crippen LogP contribution in [0.2, 0.25) is 0 Å². The molecule has 23 nitrogen and oxygen atoms in total. The average Bonchev–Trinajstić information content (AvgIpc) is 3.29. The van der Waals surface area contributed by atoms with E-state index in [0.717, 1.165) is 0 Å². The minimum absolute atomic E-state index is 0.00567. The van der Waals surface area contributed by atoms with Crippen LogP contribution in [-0.4, -0.2) is 203 Å². The Morgan fingerprint density at radius 1 is 0.478 bits per heavy atom. The van der Waals surface area contributed by atoms with Crippen molar-refractivity contribution in [3.63, 3.8) is 0 Å². The lowest BCUT2D eigenvalue weighted by molar-refractivity contribution is -0.140. The molecule has 0 aromatic heterocycles. The number of rotatable bonds is 28. The van der Waals surface area contributed by atoms with E-state index >= 15 is 0 Å². The van der Waals surface area contributed by atoms with Crippen molar-refractivity contribution < 1.29 is 58.8 Å². The van der Waals surface area contributed by atoms with Gasteiger partial charge in [0.05, 0.1) is 26.2 Å². The first-order chi connectivity index (χ1) is 33.0. The van der Waals surface area contributed by atoms with Crippen molar-refractivity contribution >= 4 is 47.4 Å². The molecule has 23 heteroatoms. The van der Waals surface area contributed by atoms with Gasteiger partial charge < -0.3 is 58.9 Å². The highest BCUT2D eigenvalue weighted by atomic mass is 16.4. The zero-order chi connectivity index (χ0) is 50.7. The molecule has 1 aliphatic heterocycles. The summed E-state index contributed by atoms with van der Waals surface area (Å²) in [4.78, 5) is 111. The van der Waals surface area contributed by atoms with Gasteiger partial charge >= 0.3 is 17.9 Å². The first-order valence-electron chi connectivity index (χ1n) is 23.2. The molecule has 1 aliphatic rings. The number of nitrogens with zero attached hydrogens (tertiary/aromatic N) is 4. The molecular formula is C46H71N11O12. The minimum atomic E-state index is -1.27. The number of nitrogens with two attached hydrogens (primary N) is 3. The van der Waals surface area contributed by atoms with Crippen LogP contribution in [0.1, 0.15) is 49.7 Å². The van der Waals surface area contributed by atoms with Crippen LogP contribution in [-0.2, 0) is 51.2 Å². The maximum Gasteiger partial charge on any atom is 0.317 e. The van der Waals surface area contributed by atoms with E-state index in [1.807, 2.05) is 0 Å². The van der Waals surface area contributed by atoms with Crippen LogP contribution in [0.5, 0.6) is 5.75 Å². The van der Waals surface area contributed by atoms with Crippen LogP contribution in [0.25, 0.3) is 0 Å². The lowest BCUT2D eigenvalue weighted by Gasteiger charge is -2.33. The summed E-state index contributed by atoms with van der Waals surface area (Å²) in [5.41, 5.74) is 18.3. The summed E-state index contributed by atoms with van der Waals surface area (Å²) in [6, 6.07) is 10.0. The fourth-order valence-electron chi connectivity index (χ4n) is 7.72. The molecule has 69 heavy (non-hydrogen) atoms. The van der Waals surface area contributed by atoms with E-state index in [2.05, 4.69) is 21.3 Å². The van der Waals surface area contributed by atoms with Crippen molar-refractivity contribution in [1.29, 1.82) is 0 Å². The number of primary amides is 1. The number of carboxylic acids is 3. The second-order valence-electron chi connectivity index (χ2n) is 17.1. The van der Waals surface area contributed by atoms with E-state index in [0.29, 0.717) is 49.9 Å². The van der Waals surface area contributed by atoms with E-state index in [9.17, 15) is 58.8 Å². The number of carboxylic acid groups (broad SMARTS) is 3. The van der Waals surface area contributed by atoms with Gasteiger partial charge in [-0.2, -0.15) is 0 Å². The van der Waals surface area contributed by atoms with E-state index in [1.54, 1.807) is 62.1 Å². The molecule has 0 unspecified atom stereocenters. The van der Waals surface area contributed by atoms with Crippen molar-refractivity contribution in [2.45, 2.75) is 75.5 Å². The maximum atomic E-state index is 14.4. The van der Waals surface area contributed by atoms with Gasteiger partial charge in [0.15, 0.2) is 0 Å². The second kappa shape index (κ2) is 31.0. The third-order valence-corrected chi connectivity index (χ3v) is 11.5. The lowest BCUT2D eigenvalue weighted by Crippen LogP contribution is -2.59. The van der Waals surface area contributed by atoms with Crippen molar-refractivity contribution in [3.8, 4) is 5.75 Å². The Balaban J connectivity index is 1.89. The Bertz CT molecular complexity index is 1930. The monoisotopic (exact) mass is 970 g/mol. The highest BCUT2D eigenvalue weighted by Gasteiger charge is 2.32. The quantitative estimate of drug-likeness (QED) is 0.0388. The number of benzene rings is 2. The number of phenols is 1. The number of hydrogen-bond acceptors (Lipinski definition) is 15. The molecular weight excluding hydrogens is 899 g/mol. The molecule has 1 saturated heterocycles. The Labute approximate surface area is 402 Å². The predicted molar refractivity (Wildman–Crippen MR) is 253 cm³/mol. The van der Waals surface area contributed by atoms with Crippen molar-refractivity contribution in [3.05, 3.63) is 65.7 Å². The molecule has 5 amide bonds. The van der Waals surface area contributed by atoms with Gasteiger partial charge in [0.2, 0.25) is 29.5 Å². The summed E-state index contributed by atoms with van der Waals surface area (Å²) in [7, 11) is 0. The van der Waals surface area contributed by atoms with Gasteiger partial charge in [-0.05, 0) is 74.9 Å². The summed E-state index contributed by atoms with van der Waals surface area (Å²) < 4.78 is 0. The van der Waals surface area contributed by atoms with Gasteiger partial charge in [0.1, 0.15) is 29.9 Å². The molecule has 1 fully saturated rings. The molecule has 0 saturated carbocycles. The summed E-state index contributed by atoms with van der Waals surface area (Å²) >= 11 is 0. The van der Waals surface area contributed by atoms with Gasteiger partial charge in [-0.15, -0.1) is 0 Å². The normalized spacial score (nSPS) is 16.3. The molecule has 0 bridgehead atoms. The van der Waals surface area contributed by atoms with Gasteiger partial charge in [-0.25, -0.2) is 0 Å². The molecule has 4 atom stereocenters. The smallest absolute Gasteiger partial charge is 0.317 e. The Morgan fingerprint density at radius 3 is 1.26 bits per heavy atom. The van der Waals surface area contributed by atoms with Crippen molar-refractivity contribution in [2.24, 2.45) is 17.2 Å². The van der Waals surface area contributed by atoms with E-state index in [4.69, 9.17) is 17.2 Å². The van der Waals surface area contributed by atoms with E-state index in [-0.39, 0.29) is 110 Å². The SMILES string of the molecule is NCCCC[C@H](NC(=O)[C@@H](Cc1ccc(O)cc1)NC(=O)[C@H](CCCCN)NC(=O)[C@H](Cc1ccccc1)NC(=O)CN1CCN(CC(=O)O)CCN(CC(=O)O)CCN(CC(=O)O)CC1)C(N)=O. The van der Waals surface area contributed by atoms with Crippen LogP contribution in [0.4, 0.5) is 0 Å². The maximum absolute atomic E-state index is 14.4. The number of phenolic OH excluding ortho intramolecular Hbond substituents is 1. The first-order valence-corrected chi connectivity index (χ1v) is 23.2. The first kappa shape index (κ1) is 57.1. The molecule has 3 rings (SSSR count). The highest BCUT2D eigenvalue weighted by Crippen LogP contribution is 2.14. The van der Waals surface area contributed by atoms with Gasteiger partial charge in [0, 0.05) is 65.2 Å². The van der Waals surface area contributed by atoms with Crippen LogP contribution in [0.3, 0.4) is 0 Å². The molecule has 1 heterocycles. The second-order valence-corrected chi connectivity index (χ2v) is 17.1. The molecule has 2 aromatic carbocycles. The summed E-state index contributed by atoms with van der Waals surface area (Å²) in [5, 5.41) is 49.6. The molecule has 0 aliphatic carbocycles. The Kier molecular flexibility index (Phi) is 25.6. The number of carbonyl (C=O) groups is 8. The lowest BCUT2D eigenvalue weighted by atomic mass is 10.0. The molecule has 14 N–H and O–H groups in total. The largest absolute Gasteiger partial charge is 0.508 e. The van der Waals surface area contributed by atoms with E-state index < -0.39 is 71.6 Å². The van der Waals surface area contributed by atoms with Crippen LogP contribution >= 0.6 is 0 Å². The highest BCUT2D eigenvalue weighted by molar-refractivity contribution is 5.95. The van der Waals surface area contributed by atoms with Gasteiger partial charge in [-0.3, -0.25) is 58.0 Å². The summed E-state index contributed by atoms with van der Waals surface area (Å²) in [5.74, 6) is -6.83. The predicted octanol–water partition coefficient (Wildman–Crippen LogP) is -2.66. The topological polar surface area (TPSA) is 357 Å². The fraction of sp³-hybridized carbons (Fsp3) is 0.565. The third-order valence-electron chi connectivity index (χ3n) is 11.5.